The van der Waals surface area contributed by atoms with Crippen LogP contribution < -0.4 is 5.32 Å². The van der Waals surface area contributed by atoms with Gasteiger partial charge < -0.3 is 5.32 Å². The Morgan fingerprint density at radius 1 is 0.938 bits per heavy atom. The van der Waals surface area contributed by atoms with Gasteiger partial charge in [0.2, 0.25) is 0 Å². The van der Waals surface area contributed by atoms with E-state index < -0.39 is 0 Å². The molecule has 1 nitrogen and oxygen atoms in total. The van der Waals surface area contributed by atoms with Gasteiger partial charge in [-0.1, -0.05) is 27.2 Å². The van der Waals surface area contributed by atoms with Gasteiger partial charge in [-0.05, 0) is 62.3 Å². The molecule has 2 atom stereocenters. The molecule has 2 unspecified atom stereocenters. The summed E-state index contributed by atoms with van der Waals surface area (Å²) in [5.41, 5.74) is 0.519. The Bertz CT molecular complexity index is 212. The van der Waals surface area contributed by atoms with Crippen molar-refractivity contribution in [3.63, 3.8) is 0 Å². The van der Waals surface area contributed by atoms with Crippen molar-refractivity contribution in [2.75, 3.05) is 6.54 Å². The molecule has 2 rings (SSSR count). The van der Waals surface area contributed by atoms with Crippen LogP contribution in [0.15, 0.2) is 0 Å². The lowest BCUT2D eigenvalue weighted by molar-refractivity contribution is 0.213. The molecule has 0 aromatic heterocycles. The Hall–Kier alpha value is -0.0400. The fourth-order valence-electron chi connectivity index (χ4n) is 3.03. The van der Waals surface area contributed by atoms with Crippen molar-refractivity contribution in [3.8, 4) is 0 Å². The SMILES string of the molecule is CC(C)(C)C1CCCC(NCC2CC2)CC1. The zero-order valence-electron chi connectivity index (χ0n) is 11.4. The van der Waals surface area contributed by atoms with E-state index in [0.29, 0.717) is 5.41 Å². The van der Waals surface area contributed by atoms with Crippen molar-refractivity contribution >= 4 is 0 Å². The van der Waals surface area contributed by atoms with Crippen LogP contribution >= 0.6 is 0 Å². The zero-order valence-corrected chi connectivity index (χ0v) is 11.4. The normalized spacial score (nSPS) is 32.4. The van der Waals surface area contributed by atoms with Crippen LogP contribution in [0.25, 0.3) is 0 Å². The van der Waals surface area contributed by atoms with Crippen molar-refractivity contribution in [3.05, 3.63) is 0 Å². The van der Waals surface area contributed by atoms with E-state index in [1.54, 1.807) is 0 Å². The molecule has 2 aliphatic carbocycles. The van der Waals surface area contributed by atoms with Crippen LogP contribution in [0.2, 0.25) is 0 Å². The lowest BCUT2D eigenvalue weighted by atomic mass is 9.76. The summed E-state index contributed by atoms with van der Waals surface area (Å²) in [6.07, 6.45) is 10.1. The fraction of sp³-hybridized carbons (Fsp3) is 1.00. The van der Waals surface area contributed by atoms with Gasteiger partial charge in [-0.15, -0.1) is 0 Å². The molecule has 94 valence electrons. The van der Waals surface area contributed by atoms with Gasteiger partial charge in [0.25, 0.3) is 0 Å². The van der Waals surface area contributed by atoms with Crippen LogP contribution in [0.1, 0.15) is 65.7 Å². The van der Waals surface area contributed by atoms with Crippen molar-refractivity contribution in [1.82, 2.24) is 5.32 Å². The topological polar surface area (TPSA) is 12.0 Å². The minimum atomic E-state index is 0.519. The maximum Gasteiger partial charge on any atom is 0.00672 e. The lowest BCUT2D eigenvalue weighted by Crippen LogP contribution is -2.30. The second-order valence-electron chi connectivity index (χ2n) is 7.12. The van der Waals surface area contributed by atoms with E-state index in [0.717, 1.165) is 17.9 Å². The van der Waals surface area contributed by atoms with Gasteiger partial charge in [-0.25, -0.2) is 0 Å². The van der Waals surface area contributed by atoms with Gasteiger partial charge in [0, 0.05) is 6.04 Å². The molecule has 16 heavy (non-hydrogen) atoms. The molecule has 0 aliphatic heterocycles. The number of nitrogens with one attached hydrogen (secondary N) is 1. The highest BCUT2D eigenvalue weighted by molar-refractivity contribution is 4.83. The van der Waals surface area contributed by atoms with Gasteiger partial charge >= 0.3 is 0 Å². The van der Waals surface area contributed by atoms with Gasteiger partial charge in [-0.2, -0.15) is 0 Å². The zero-order chi connectivity index (χ0) is 11.6. The van der Waals surface area contributed by atoms with E-state index in [1.165, 1.54) is 51.5 Å². The van der Waals surface area contributed by atoms with Crippen LogP contribution in [0.5, 0.6) is 0 Å². The Morgan fingerprint density at radius 2 is 1.69 bits per heavy atom. The highest BCUT2D eigenvalue weighted by Crippen LogP contribution is 2.37. The van der Waals surface area contributed by atoms with Crippen LogP contribution in [0.4, 0.5) is 0 Å². The van der Waals surface area contributed by atoms with Crippen molar-refractivity contribution in [2.45, 2.75) is 71.8 Å². The summed E-state index contributed by atoms with van der Waals surface area (Å²) in [7, 11) is 0. The summed E-state index contributed by atoms with van der Waals surface area (Å²) >= 11 is 0. The standard InChI is InChI=1S/C15H29N/c1-15(2,3)13-5-4-6-14(10-9-13)16-11-12-7-8-12/h12-14,16H,4-11H2,1-3H3. The average molecular weight is 223 g/mol. The summed E-state index contributed by atoms with van der Waals surface area (Å²) in [6.45, 7) is 8.53. The van der Waals surface area contributed by atoms with Crippen LogP contribution in [-0.4, -0.2) is 12.6 Å². The maximum absolute atomic E-state index is 3.80. The van der Waals surface area contributed by atoms with E-state index in [-0.39, 0.29) is 0 Å². The van der Waals surface area contributed by atoms with Crippen LogP contribution in [0.3, 0.4) is 0 Å². The third-order valence-corrected chi connectivity index (χ3v) is 4.59. The Kier molecular flexibility index (Phi) is 3.94. The van der Waals surface area contributed by atoms with E-state index >= 15 is 0 Å². The van der Waals surface area contributed by atoms with E-state index in [1.807, 2.05) is 0 Å². The monoisotopic (exact) mass is 223 g/mol. The van der Waals surface area contributed by atoms with Crippen molar-refractivity contribution < 1.29 is 0 Å². The van der Waals surface area contributed by atoms with Crippen molar-refractivity contribution in [1.29, 1.82) is 0 Å². The molecule has 2 aliphatic rings. The second-order valence-corrected chi connectivity index (χ2v) is 7.12. The van der Waals surface area contributed by atoms with Gasteiger partial charge in [0.15, 0.2) is 0 Å². The summed E-state index contributed by atoms with van der Waals surface area (Å²) in [5.74, 6) is 1.97. The summed E-state index contributed by atoms with van der Waals surface area (Å²) in [6, 6.07) is 0.827. The van der Waals surface area contributed by atoms with E-state index in [4.69, 9.17) is 0 Å². The molecule has 1 heteroatoms. The first-order valence-corrected chi connectivity index (χ1v) is 7.29. The molecule has 0 aromatic carbocycles. The molecule has 0 amide bonds. The van der Waals surface area contributed by atoms with Crippen LogP contribution in [-0.2, 0) is 0 Å². The molecule has 0 spiro atoms. The lowest BCUT2D eigenvalue weighted by Gasteiger charge is -2.29. The van der Waals surface area contributed by atoms with Gasteiger partial charge in [0.1, 0.15) is 0 Å². The largest absolute Gasteiger partial charge is 0.314 e. The minimum Gasteiger partial charge on any atom is -0.314 e. The van der Waals surface area contributed by atoms with Gasteiger partial charge in [-0.3, -0.25) is 0 Å². The molecule has 2 saturated carbocycles. The molecular weight excluding hydrogens is 194 g/mol. The van der Waals surface area contributed by atoms with Gasteiger partial charge in [0.05, 0.1) is 0 Å². The average Bonchev–Trinajstić information content (AvgIpc) is 3.01. The molecular formula is C15H29N. The first-order valence-electron chi connectivity index (χ1n) is 7.29. The quantitative estimate of drug-likeness (QED) is 0.714. The molecule has 2 fully saturated rings. The predicted molar refractivity (Wildman–Crippen MR) is 70.5 cm³/mol. The molecule has 0 heterocycles. The second kappa shape index (κ2) is 5.08. The Balaban J connectivity index is 1.73. The summed E-state index contributed by atoms with van der Waals surface area (Å²) < 4.78 is 0. The highest BCUT2D eigenvalue weighted by atomic mass is 14.9. The minimum absolute atomic E-state index is 0.519. The predicted octanol–water partition coefficient (Wildman–Crippen LogP) is 3.98. The number of hydrogen-bond acceptors (Lipinski definition) is 1. The van der Waals surface area contributed by atoms with Crippen LogP contribution in [0, 0.1) is 17.3 Å². The number of rotatable bonds is 3. The molecule has 0 bridgehead atoms. The summed E-state index contributed by atoms with van der Waals surface area (Å²) in [5, 5.41) is 3.80. The summed E-state index contributed by atoms with van der Waals surface area (Å²) in [4.78, 5) is 0. The maximum atomic E-state index is 3.80. The first-order chi connectivity index (χ1) is 7.55. The number of hydrogen-bond donors (Lipinski definition) is 1. The van der Waals surface area contributed by atoms with E-state index in [9.17, 15) is 0 Å². The molecule has 0 aromatic rings. The third-order valence-electron chi connectivity index (χ3n) is 4.59. The molecule has 0 saturated heterocycles. The van der Waals surface area contributed by atoms with E-state index in [2.05, 4.69) is 26.1 Å². The smallest absolute Gasteiger partial charge is 0.00672 e. The Morgan fingerprint density at radius 3 is 2.31 bits per heavy atom. The highest BCUT2D eigenvalue weighted by Gasteiger charge is 2.28. The molecule has 0 radical (unpaired) electrons. The molecule has 1 N–H and O–H groups in total. The fourth-order valence-corrected chi connectivity index (χ4v) is 3.03. The third kappa shape index (κ3) is 3.76. The van der Waals surface area contributed by atoms with Crippen molar-refractivity contribution in [2.24, 2.45) is 17.3 Å². The Labute approximate surface area is 101 Å². The first kappa shape index (κ1) is 12.4.